The Kier molecular flexibility index (Phi) is 9.55. The summed E-state index contributed by atoms with van der Waals surface area (Å²) in [6.45, 7) is 8.47. The van der Waals surface area contributed by atoms with Gasteiger partial charge in [0.05, 0.1) is 11.7 Å². The molecular formula is C24H43NO2. The molecule has 0 aromatic heterocycles. The second-order valence-electron chi connectivity index (χ2n) is 9.13. The molecule has 2 aliphatic carbocycles. The minimum atomic E-state index is -0.610. The topological polar surface area (TPSA) is 52.5 Å². The first-order chi connectivity index (χ1) is 13.0. The summed E-state index contributed by atoms with van der Waals surface area (Å²) in [4.78, 5) is 0. The smallest absolute Gasteiger partial charge is 0.0654 e. The van der Waals surface area contributed by atoms with Crippen molar-refractivity contribution in [1.29, 1.82) is 0 Å². The molecule has 3 N–H and O–H groups in total. The van der Waals surface area contributed by atoms with Crippen LogP contribution in [-0.2, 0) is 0 Å². The van der Waals surface area contributed by atoms with Gasteiger partial charge >= 0.3 is 0 Å². The number of aliphatic hydroxyl groups is 2. The number of hydrogen-bond donors (Lipinski definition) is 3. The zero-order valence-electron chi connectivity index (χ0n) is 17.9. The molecule has 3 heteroatoms. The largest absolute Gasteiger partial charge is 0.392 e. The van der Waals surface area contributed by atoms with E-state index in [1.807, 2.05) is 6.92 Å². The van der Waals surface area contributed by atoms with Gasteiger partial charge in [-0.25, -0.2) is 0 Å². The molecule has 0 radical (unpaired) electrons. The van der Waals surface area contributed by atoms with Gasteiger partial charge in [-0.2, -0.15) is 0 Å². The lowest BCUT2D eigenvalue weighted by Gasteiger charge is -2.22. The second-order valence-corrected chi connectivity index (χ2v) is 9.13. The number of fused-ring (bicyclic) bond motifs is 1. The molecular weight excluding hydrogens is 334 g/mol. The zero-order chi connectivity index (χ0) is 19.7. The van der Waals surface area contributed by atoms with Gasteiger partial charge in [0.1, 0.15) is 0 Å². The maximum absolute atomic E-state index is 10.5. The van der Waals surface area contributed by atoms with Crippen molar-refractivity contribution in [3.63, 3.8) is 0 Å². The number of unbranched alkanes of at least 4 members (excludes halogenated alkanes) is 3. The molecule has 156 valence electrons. The summed E-state index contributed by atoms with van der Waals surface area (Å²) in [5.74, 6) is 1.40. The van der Waals surface area contributed by atoms with Gasteiger partial charge in [0, 0.05) is 5.92 Å². The van der Waals surface area contributed by atoms with Crippen LogP contribution in [0.15, 0.2) is 23.8 Å². The monoisotopic (exact) mass is 377 g/mol. The number of hydrogen-bond acceptors (Lipinski definition) is 3. The molecule has 0 spiro atoms. The average molecular weight is 378 g/mol. The quantitative estimate of drug-likeness (QED) is 0.313. The normalized spacial score (nSPS) is 29.9. The van der Waals surface area contributed by atoms with Crippen molar-refractivity contribution >= 4 is 0 Å². The van der Waals surface area contributed by atoms with Crippen molar-refractivity contribution in [3.8, 4) is 0 Å². The van der Waals surface area contributed by atoms with Crippen LogP contribution in [-0.4, -0.2) is 35.0 Å². The second kappa shape index (κ2) is 11.4. The Morgan fingerprint density at radius 3 is 2.78 bits per heavy atom. The number of aliphatic hydroxyl groups excluding tert-OH is 1. The van der Waals surface area contributed by atoms with Gasteiger partial charge in [0.25, 0.3) is 0 Å². The fraction of sp³-hybridized carbons (Fsp3) is 0.833. The lowest BCUT2D eigenvalue weighted by atomic mass is 9.87. The zero-order valence-corrected chi connectivity index (χ0v) is 17.9. The SMILES string of the molecule is CCCC[C@](C)(O)C/C=C/[C@@H]1[C@H]2CC(CCCCCNCC)=C[C@H]2C[C@H]1O. The Morgan fingerprint density at radius 2 is 2.04 bits per heavy atom. The summed E-state index contributed by atoms with van der Waals surface area (Å²) in [6.07, 6.45) is 17.5. The lowest BCUT2D eigenvalue weighted by Crippen LogP contribution is -2.23. The highest BCUT2D eigenvalue weighted by Gasteiger charge is 2.43. The van der Waals surface area contributed by atoms with Crippen LogP contribution in [0, 0.1) is 17.8 Å². The Balaban J connectivity index is 1.75. The predicted molar refractivity (Wildman–Crippen MR) is 115 cm³/mol. The van der Waals surface area contributed by atoms with Crippen LogP contribution in [0.1, 0.15) is 85.0 Å². The van der Waals surface area contributed by atoms with E-state index >= 15 is 0 Å². The van der Waals surface area contributed by atoms with E-state index in [1.165, 1.54) is 25.7 Å². The van der Waals surface area contributed by atoms with E-state index in [-0.39, 0.29) is 12.0 Å². The molecule has 5 atom stereocenters. The molecule has 1 fully saturated rings. The van der Waals surface area contributed by atoms with E-state index in [1.54, 1.807) is 5.57 Å². The van der Waals surface area contributed by atoms with Gasteiger partial charge in [-0.15, -0.1) is 0 Å². The third-order valence-electron chi connectivity index (χ3n) is 6.54. The van der Waals surface area contributed by atoms with Crippen molar-refractivity contribution in [3.05, 3.63) is 23.8 Å². The maximum atomic E-state index is 10.5. The molecule has 0 saturated heterocycles. The summed E-state index contributed by atoms with van der Waals surface area (Å²) in [5, 5.41) is 24.4. The molecule has 2 rings (SSSR count). The molecule has 0 amide bonds. The fourth-order valence-electron chi connectivity index (χ4n) is 4.88. The van der Waals surface area contributed by atoms with Gasteiger partial charge in [-0.1, -0.05) is 56.9 Å². The van der Waals surface area contributed by atoms with Crippen LogP contribution in [0.3, 0.4) is 0 Å². The molecule has 0 aliphatic heterocycles. The third kappa shape index (κ3) is 7.36. The van der Waals surface area contributed by atoms with Gasteiger partial charge in [0.15, 0.2) is 0 Å². The highest BCUT2D eigenvalue weighted by Crippen LogP contribution is 2.48. The highest BCUT2D eigenvalue weighted by atomic mass is 16.3. The Labute approximate surface area is 167 Å². The van der Waals surface area contributed by atoms with E-state index < -0.39 is 5.60 Å². The van der Waals surface area contributed by atoms with Crippen molar-refractivity contribution in [2.75, 3.05) is 13.1 Å². The average Bonchev–Trinajstić information content (AvgIpc) is 3.14. The summed E-state index contributed by atoms with van der Waals surface area (Å²) in [6, 6.07) is 0. The van der Waals surface area contributed by atoms with E-state index in [0.717, 1.165) is 45.2 Å². The van der Waals surface area contributed by atoms with Crippen LogP contribution in [0.2, 0.25) is 0 Å². The first-order valence-electron chi connectivity index (χ1n) is 11.4. The Hall–Kier alpha value is -0.640. The molecule has 3 nitrogen and oxygen atoms in total. The molecule has 2 aliphatic rings. The third-order valence-corrected chi connectivity index (χ3v) is 6.54. The molecule has 0 heterocycles. The minimum absolute atomic E-state index is 0.213. The summed E-state index contributed by atoms with van der Waals surface area (Å²) in [7, 11) is 0. The number of nitrogens with one attached hydrogen (secondary N) is 1. The van der Waals surface area contributed by atoms with Crippen molar-refractivity contribution in [1.82, 2.24) is 5.32 Å². The van der Waals surface area contributed by atoms with E-state index in [2.05, 4.69) is 37.4 Å². The highest BCUT2D eigenvalue weighted by molar-refractivity contribution is 5.20. The summed E-state index contributed by atoms with van der Waals surface area (Å²) < 4.78 is 0. The van der Waals surface area contributed by atoms with Crippen LogP contribution >= 0.6 is 0 Å². The number of rotatable bonds is 13. The van der Waals surface area contributed by atoms with E-state index in [4.69, 9.17) is 0 Å². The first kappa shape index (κ1) is 22.6. The molecule has 0 unspecified atom stereocenters. The summed E-state index contributed by atoms with van der Waals surface area (Å²) in [5.41, 5.74) is 1.01. The molecule has 0 bridgehead atoms. The molecule has 27 heavy (non-hydrogen) atoms. The van der Waals surface area contributed by atoms with Crippen molar-refractivity contribution < 1.29 is 10.2 Å². The predicted octanol–water partition coefficient (Wildman–Crippen LogP) is 4.99. The van der Waals surface area contributed by atoms with Gasteiger partial charge < -0.3 is 15.5 Å². The molecule has 0 aromatic carbocycles. The minimum Gasteiger partial charge on any atom is -0.392 e. The standard InChI is InChI=1S/C24H43NO2/c1-4-6-13-24(3,27)14-10-12-21-22-17-19(16-20(22)18-23(21)26)11-8-7-9-15-25-5-2/h10,12,16,20-23,25-27H,4-9,11,13-15,17-18H2,1-3H3/b12-10+/t20-,21+,22-,23+,24-/m0/s1. The Morgan fingerprint density at radius 1 is 1.22 bits per heavy atom. The number of allylic oxidation sites excluding steroid dienone is 2. The van der Waals surface area contributed by atoms with Crippen LogP contribution in [0.5, 0.6) is 0 Å². The molecule has 0 aromatic rings. The van der Waals surface area contributed by atoms with E-state index in [0.29, 0.717) is 18.3 Å². The van der Waals surface area contributed by atoms with Crippen molar-refractivity contribution in [2.24, 2.45) is 17.8 Å². The Bertz CT molecular complexity index is 483. The maximum Gasteiger partial charge on any atom is 0.0654 e. The van der Waals surface area contributed by atoms with Crippen molar-refractivity contribution in [2.45, 2.75) is 96.7 Å². The summed E-state index contributed by atoms with van der Waals surface area (Å²) >= 11 is 0. The molecule has 1 saturated carbocycles. The van der Waals surface area contributed by atoms with E-state index in [9.17, 15) is 10.2 Å². The lowest BCUT2D eigenvalue weighted by molar-refractivity contribution is 0.0513. The first-order valence-corrected chi connectivity index (χ1v) is 11.4. The van der Waals surface area contributed by atoms with Crippen LogP contribution < -0.4 is 5.32 Å². The van der Waals surface area contributed by atoms with Crippen LogP contribution in [0.25, 0.3) is 0 Å². The van der Waals surface area contributed by atoms with Gasteiger partial charge in [0.2, 0.25) is 0 Å². The van der Waals surface area contributed by atoms with Gasteiger partial charge in [-0.05, 0) is 76.8 Å². The van der Waals surface area contributed by atoms with Crippen LogP contribution in [0.4, 0.5) is 0 Å². The van der Waals surface area contributed by atoms with Gasteiger partial charge in [-0.3, -0.25) is 0 Å². The fourth-order valence-corrected chi connectivity index (χ4v) is 4.88.